The fourth-order valence-electron chi connectivity index (χ4n) is 2.40. The van der Waals surface area contributed by atoms with Gasteiger partial charge in [-0.1, -0.05) is 0 Å². The fourth-order valence-corrected chi connectivity index (χ4v) is 2.40. The molecule has 1 aromatic rings. The molecule has 0 radical (unpaired) electrons. The Morgan fingerprint density at radius 1 is 1.20 bits per heavy atom. The number of benzene rings is 1. The van der Waals surface area contributed by atoms with Crippen LogP contribution in [0, 0.1) is 5.82 Å². The first kappa shape index (κ1) is 17.2. The van der Waals surface area contributed by atoms with Gasteiger partial charge in [-0.3, -0.25) is 4.90 Å². The fraction of sp³-hybridized carbons (Fsp3) is 0.538. The summed E-state index contributed by atoms with van der Waals surface area (Å²) in [6, 6.07) is 2.23. The molecule has 1 N–H and O–H groups in total. The maximum absolute atomic E-state index is 13.3. The molecule has 1 fully saturated rings. The van der Waals surface area contributed by atoms with Gasteiger partial charge in [0.05, 0.1) is 5.56 Å². The van der Waals surface area contributed by atoms with Crippen LogP contribution in [-0.2, 0) is 6.18 Å². The molecule has 0 bridgehead atoms. The minimum absolute atomic E-state index is 0. The summed E-state index contributed by atoms with van der Waals surface area (Å²) in [6.45, 7) is 4.49. The molecular weight excluding hydrogens is 296 g/mol. The van der Waals surface area contributed by atoms with E-state index in [4.69, 9.17) is 0 Å². The summed E-state index contributed by atoms with van der Waals surface area (Å²) >= 11 is 0. The van der Waals surface area contributed by atoms with E-state index < -0.39 is 23.6 Å². The number of rotatable bonds is 2. The van der Waals surface area contributed by atoms with Gasteiger partial charge in [-0.05, 0) is 30.7 Å². The quantitative estimate of drug-likeness (QED) is 0.844. The van der Waals surface area contributed by atoms with Crippen LogP contribution in [0.3, 0.4) is 0 Å². The largest absolute Gasteiger partial charge is 0.416 e. The highest BCUT2D eigenvalue weighted by atomic mass is 35.5. The van der Waals surface area contributed by atoms with E-state index in [2.05, 4.69) is 5.32 Å². The van der Waals surface area contributed by atoms with Crippen molar-refractivity contribution in [1.29, 1.82) is 0 Å². The highest BCUT2D eigenvalue weighted by Gasteiger charge is 2.35. The number of alkyl halides is 3. The normalized spacial score (nSPS) is 18.4. The summed E-state index contributed by atoms with van der Waals surface area (Å²) in [4.78, 5) is 1.93. The van der Waals surface area contributed by atoms with Gasteiger partial charge in [-0.2, -0.15) is 13.2 Å². The van der Waals surface area contributed by atoms with E-state index in [1.807, 2.05) is 4.90 Å². The van der Waals surface area contributed by atoms with Crippen LogP contribution in [0.4, 0.5) is 17.6 Å². The Morgan fingerprint density at radius 2 is 1.80 bits per heavy atom. The lowest BCUT2D eigenvalue weighted by Gasteiger charge is -2.34. The first-order valence-corrected chi connectivity index (χ1v) is 6.21. The van der Waals surface area contributed by atoms with Crippen LogP contribution < -0.4 is 5.32 Å². The number of piperazine rings is 1. The van der Waals surface area contributed by atoms with Gasteiger partial charge in [0.15, 0.2) is 0 Å². The molecule has 1 atom stereocenters. The zero-order valence-corrected chi connectivity index (χ0v) is 11.8. The van der Waals surface area contributed by atoms with E-state index in [1.165, 1.54) is 0 Å². The van der Waals surface area contributed by atoms with E-state index >= 15 is 0 Å². The van der Waals surface area contributed by atoms with Crippen molar-refractivity contribution in [2.24, 2.45) is 0 Å². The lowest BCUT2D eigenvalue weighted by Crippen LogP contribution is -2.44. The van der Waals surface area contributed by atoms with Crippen molar-refractivity contribution in [2.75, 3.05) is 26.2 Å². The Bertz CT molecular complexity index is 444. The Hall–Kier alpha value is -0.850. The van der Waals surface area contributed by atoms with Gasteiger partial charge in [-0.15, -0.1) is 12.4 Å². The second kappa shape index (κ2) is 6.74. The van der Waals surface area contributed by atoms with Gasteiger partial charge in [-0.25, -0.2) is 4.39 Å². The summed E-state index contributed by atoms with van der Waals surface area (Å²) in [5.41, 5.74) is -0.741. The van der Waals surface area contributed by atoms with Crippen LogP contribution in [0.1, 0.15) is 24.1 Å². The molecule has 0 aromatic heterocycles. The number of nitrogens with zero attached hydrogens (tertiary/aromatic N) is 1. The second-order valence-corrected chi connectivity index (χ2v) is 4.69. The molecule has 2 nitrogen and oxygen atoms in total. The molecule has 0 aliphatic carbocycles. The Kier molecular flexibility index (Phi) is 5.79. The van der Waals surface area contributed by atoms with E-state index in [-0.39, 0.29) is 18.0 Å². The lowest BCUT2D eigenvalue weighted by atomic mass is 9.99. The van der Waals surface area contributed by atoms with Crippen LogP contribution in [0.15, 0.2) is 18.2 Å². The molecule has 20 heavy (non-hydrogen) atoms. The van der Waals surface area contributed by atoms with Crippen molar-refractivity contribution in [1.82, 2.24) is 10.2 Å². The van der Waals surface area contributed by atoms with E-state index in [9.17, 15) is 17.6 Å². The zero-order valence-electron chi connectivity index (χ0n) is 11.0. The van der Waals surface area contributed by atoms with Crippen molar-refractivity contribution in [3.63, 3.8) is 0 Å². The molecule has 1 aliphatic heterocycles. The molecular formula is C13H17ClF4N2. The molecule has 0 unspecified atom stereocenters. The average Bonchev–Trinajstić information content (AvgIpc) is 2.37. The molecule has 1 heterocycles. The Morgan fingerprint density at radius 3 is 2.35 bits per heavy atom. The van der Waals surface area contributed by atoms with Gasteiger partial charge in [0.1, 0.15) is 5.82 Å². The highest BCUT2D eigenvalue weighted by Crippen LogP contribution is 2.36. The summed E-state index contributed by atoms with van der Waals surface area (Å²) in [6.07, 6.45) is -4.45. The maximum Gasteiger partial charge on any atom is 0.416 e. The molecule has 0 saturated carbocycles. The lowest BCUT2D eigenvalue weighted by molar-refractivity contribution is -0.138. The summed E-state index contributed by atoms with van der Waals surface area (Å²) in [7, 11) is 0. The van der Waals surface area contributed by atoms with E-state index in [1.54, 1.807) is 6.92 Å². The molecule has 0 amide bonds. The van der Waals surface area contributed by atoms with E-state index in [0.717, 1.165) is 31.3 Å². The van der Waals surface area contributed by atoms with Gasteiger partial charge in [0.2, 0.25) is 0 Å². The zero-order chi connectivity index (χ0) is 14.0. The topological polar surface area (TPSA) is 15.3 Å². The van der Waals surface area contributed by atoms with Crippen LogP contribution in [0.25, 0.3) is 0 Å². The third-order valence-electron chi connectivity index (χ3n) is 3.47. The maximum atomic E-state index is 13.3. The van der Waals surface area contributed by atoms with Crippen LogP contribution in [-0.4, -0.2) is 31.1 Å². The van der Waals surface area contributed by atoms with Crippen molar-refractivity contribution in [2.45, 2.75) is 19.1 Å². The third kappa shape index (κ3) is 3.84. The predicted molar refractivity (Wildman–Crippen MR) is 71.5 cm³/mol. The number of hydrogen-bond donors (Lipinski definition) is 1. The minimum Gasteiger partial charge on any atom is -0.314 e. The average molecular weight is 313 g/mol. The van der Waals surface area contributed by atoms with Crippen molar-refractivity contribution in [3.8, 4) is 0 Å². The summed E-state index contributed by atoms with van der Waals surface area (Å²) in [5, 5.41) is 3.14. The number of halogens is 5. The third-order valence-corrected chi connectivity index (χ3v) is 3.47. The second-order valence-electron chi connectivity index (χ2n) is 4.69. The molecule has 1 aliphatic rings. The molecule has 114 valence electrons. The van der Waals surface area contributed by atoms with Crippen LogP contribution in [0.2, 0.25) is 0 Å². The first-order valence-electron chi connectivity index (χ1n) is 6.21. The van der Waals surface area contributed by atoms with Crippen molar-refractivity contribution >= 4 is 12.4 Å². The van der Waals surface area contributed by atoms with Crippen LogP contribution in [0.5, 0.6) is 0 Å². The van der Waals surface area contributed by atoms with Gasteiger partial charge in [0.25, 0.3) is 0 Å². The first-order chi connectivity index (χ1) is 8.89. The molecule has 7 heteroatoms. The predicted octanol–water partition coefficient (Wildman–Crippen LogP) is 3.23. The summed E-state index contributed by atoms with van der Waals surface area (Å²) in [5.74, 6) is -0.634. The number of nitrogens with one attached hydrogen (secondary N) is 1. The molecule has 1 aromatic carbocycles. The standard InChI is InChI=1S/C13H16F4N2.ClH/c1-9(19-6-4-18-5-7-19)11-8-10(14)2-3-12(11)13(15,16)17;/h2-3,8-9,18H,4-7H2,1H3;1H/t9-;/m1./s1. The SMILES string of the molecule is C[C@H](c1cc(F)ccc1C(F)(F)F)N1CCNCC1.Cl. The molecule has 2 rings (SSSR count). The summed E-state index contributed by atoms with van der Waals surface area (Å²) < 4.78 is 52.1. The monoisotopic (exact) mass is 312 g/mol. The highest BCUT2D eigenvalue weighted by molar-refractivity contribution is 5.85. The molecule has 0 spiro atoms. The van der Waals surface area contributed by atoms with E-state index in [0.29, 0.717) is 13.1 Å². The van der Waals surface area contributed by atoms with Gasteiger partial charge < -0.3 is 5.32 Å². The van der Waals surface area contributed by atoms with Crippen molar-refractivity contribution < 1.29 is 17.6 Å². The minimum atomic E-state index is -4.45. The van der Waals surface area contributed by atoms with Gasteiger partial charge in [0, 0.05) is 32.2 Å². The van der Waals surface area contributed by atoms with Crippen LogP contribution >= 0.6 is 12.4 Å². The van der Waals surface area contributed by atoms with Gasteiger partial charge >= 0.3 is 6.18 Å². The molecule has 1 saturated heterocycles. The Labute approximate surface area is 121 Å². The smallest absolute Gasteiger partial charge is 0.314 e. The number of hydrogen-bond acceptors (Lipinski definition) is 2. The Balaban J connectivity index is 0.00000200. The van der Waals surface area contributed by atoms with Crippen molar-refractivity contribution in [3.05, 3.63) is 35.1 Å².